The van der Waals surface area contributed by atoms with Crippen molar-refractivity contribution in [1.29, 1.82) is 0 Å². The molecule has 2 aliphatic rings. The number of carbonyl (C=O) groups is 1. The fourth-order valence-electron chi connectivity index (χ4n) is 3.45. The Kier molecular flexibility index (Phi) is 3.37. The first-order valence-corrected chi connectivity index (χ1v) is 6.68. The zero-order chi connectivity index (χ0) is 13.5. The van der Waals surface area contributed by atoms with Crippen molar-refractivity contribution in [1.82, 2.24) is 0 Å². The molecule has 0 aliphatic heterocycles. The second-order valence-corrected chi connectivity index (χ2v) is 6.19. The molecule has 2 N–H and O–H groups in total. The topological polar surface area (TPSA) is 57.5 Å². The molecule has 1 saturated carbocycles. The molecule has 100 valence electrons. The summed E-state index contributed by atoms with van der Waals surface area (Å²) in [5, 5.41) is 19.6. The van der Waals surface area contributed by atoms with Crippen molar-refractivity contribution in [3.63, 3.8) is 0 Å². The van der Waals surface area contributed by atoms with E-state index in [0.717, 1.165) is 12.8 Å². The minimum Gasteiger partial charge on any atom is -0.478 e. The summed E-state index contributed by atoms with van der Waals surface area (Å²) in [5.41, 5.74) is -0.354. The van der Waals surface area contributed by atoms with Crippen LogP contribution in [0.15, 0.2) is 23.8 Å². The lowest BCUT2D eigenvalue weighted by Gasteiger charge is -2.47. The number of fused-ring (bicyclic) bond motifs is 1. The van der Waals surface area contributed by atoms with Gasteiger partial charge in [0.05, 0.1) is 11.2 Å². The maximum absolute atomic E-state index is 11.1. The summed E-state index contributed by atoms with van der Waals surface area (Å²) >= 11 is 0. The molecule has 2 aliphatic carbocycles. The molecule has 0 aromatic carbocycles. The van der Waals surface area contributed by atoms with E-state index in [9.17, 15) is 9.90 Å². The fraction of sp³-hybridized carbons (Fsp3) is 0.667. The van der Waals surface area contributed by atoms with Crippen LogP contribution in [-0.4, -0.2) is 21.8 Å². The van der Waals surface area contributed by atoms with Gasteiger partial charge in [-0.1, -0.05) is 32.1 Å². The van der Waals surface area contributed by atoms with Gasteiger partial charge in [-0.25, -0.2) is 4.79 Å². The summed E-state index contributed by atoms with van der Waals surface area (Å²) in [6, 6.07) is 0. The van der Waals surface area contributed by atoms with Gasteiger partial charge in [0.15, 0.2) is 0 Å². The third-order valence-corrected chi connectivity index (χ3v) is 4.57. The lowest BCUT2D eigenvalue weighted by Crippen LogP contribution is -2.47. The van der Waals surface area contributed by atoms with E-state index < -0.39 is 11.6 Å². The maximum atomic E-state index is 11.1. The molecule has 2 rings (SSSR count). The molecular weight excluding hydrogens is 228 g/mol. The number of aliphatic carboxylic acids is 1. The fourth-order valence-corrected chi connectivity index (χ4v) is 3.45. The Morgan fingerprint density at radius 2 is 2.17 bits per heavy atom. The lowest BCUT2D eigenvalue weighted by molar-refractivity contribution is -0.132. The quantitative estimate of drug-likeness (QED) is 0.792. The lowest BCUT2D eigenvalue weighted by atomic mass is 9.60. The molecule has 4 atom stereocenters. The number of hydrogen-bond donors (Lipinski definition) is 2. The Morgan fingerprint density at radius 1 is 1.50 bits per heavy atom. The standard InChI is InChI=1S/C15H22O3/c1-9(2)11-6-7-15(3,18)13-5-4-10(14(16)17)8-12(11)13/h4-5,8-9,11-13,18H,6-7H2,1-3H3,(H,16,17)/t11?,12?,13?,15-/m0/s1. The van der Waals surface area contributed by atoms with Gasteiger partial charge in [0.25, 0.3) is 0 Å². The molecule has 3 nitrogen and oxygen atoms in total. The summed E-state index contributed by atoms with van der Waals surface area (Å²) in [5.74, 6) is 0.268. The van der Waals surface area contributed by atoms with Crippen LogP contribution in [0, 0.1) is 23.7 Å². The van der Waals surface area contributed by atoms with Crippen LogP contribution in [0.4, 0.5) is 0 Å². The second-order valence-electron chi connectivity index (χ2n) is 6.19. The zero-order valence-corrected chi connectivity index (χ0v) is 11.3. The average molecular weight is 250 g/mol. The molecule has 1 fully saturated rings. The Morgan fingerprint density at radius 3 is 2.72 bits per heavy atom. The molecule has 0 radical (unpaired) electrons. The summed E-state index contributed by atoms with van der Waals surface area (Å²) in [7, 11) is 0. The molecule has 0 aromatic heterocycles. The Bertz CT molecular complexity index is 404. The average Bonchev–Trinajstić information content (AvgIpc) is 2.27. The van der Waals surface area contributed by atoms with E-state index >= 15 is 0 Å². The van der Waals surface area contributed by atoms with Crippen LogP contribution >= 0.6 is 0 Å². The van der Waals surface area contributed by atoms with Crippen LogP contribution in [0.3, 0.4) is 0 Å². The second kappa shape index (κ2) is 4.54. The van der Waals surface area contributed by atoms with Crippen molar-refractivity contribution >= 4 is 5.97 Å². The van der Waals surface area contributed by atoms with Crippen LogP contribution in [-0.2, 0) is 4.79 Å². The summed E-state index contributed by atoms with van der Waals surface area (Å²) < 4.78 is 0. The highest BCUT2D eigenvalue weighted by Crippen LogP contribution is 2.47. The first-order chi connectivity index (χ1) is 8.33. The van der Waals surface area contributed by atoms with E-state index in [1.54, 1.807) is 6.08 Å². The van der Waals surface area contributed by atoms with E-state index in [1.807, 2.05) is 19.1 Å². The number of aliphatic hydroxyl groups is 1. The molecule has 3 unspecified atom stereocenters. The predicted molar refractivity (Wildman–Crippen MR) is 70.0 cm³/mol. The van der Waals surface area contributed by atoms with Crippen LogP contribution in [0.1, 0.15) is 33.6 Å². The van der Waals surface area contributed by atoms with Gasteiger partial charge in [0.2, 0.25) is 0 Å². The highest BCUT2D eigenvalue weighted by Gasteiger charge is 2.45. The van der Waals surface area contributed by atoms with Gasteiger partial charge in [-0.2, -0.15) is 0 Å². The van der Waals surface area contributed by atoms with Gasteiger partial charge < -0.3 is 10.2 Å². The molecule has 0 saturated heterocycles. The molecule has 18 heavy (non-hydrogen) atoms. The van der Waals surface area contributed by atoms with Crippen LogP contribution < -0.4 is 0 Å². The van der Waals surface area contributed by atoms with Gasteiger partial charge in [-0.15, -0.1) is 0 Å². The van der Waals surface area contributed by atoms with Crippen LogP contribution in [0.5, 0.6) is 0 Å². The van der Waals surface area contributed by atoms with Crippen LogP contribution in [0.2, 0.25) is 0 Å². The van der Waals surface area contributed by atoms with E-state index in [-0.39, 0.29) is 11.8 Å². The summed E-state index contributed by atoms with van der Waals surface area (Å²) in [6.07, 6.45) is 7.13. The number of carboxylic acids is 1. The Labute approximate surface area is 108 Å². The summed E-state index contributed by atoms with van der Waals surface area (Å²) in [6.45, 7) is 6.22. The normalized spacial score (nSPS) is 39.4. The van der Waals surface area contributed by atoms with E-state index in [0.29, 0.717) is 17.4 Å². The predicted octanol–water partition coefficient (Wildman–Crippen LogP) is 2.62. The van der Waals surface area contributed by atoms with Crippen molar-refractivity contribution < 1.29 is 15.0 Å². The Hall–Kier alpha value is -1.09. The van der Waals surface area contributed by atoms with Crippen molar-refractivity contribution in [2.24, 2.45) is 23.7 Å². The monoisotopic (exact) mass is 250 g/mol. The van der Waals surface area contributed by atoms with Gasteiger partial charge in [-0.05, 0) is 37.5 Å². The minimum atomic E-state index is -0.877. The number of carboxylic acid groups (broad SMARTS) is 1. The molecule has 0 heterocycles. The molecule has 0 bridgehead atoms. The van der Waals surface area contributed by atoms with Crippen molar-refractivity contribution in [2.75, 3.05) is 0 Å². The zero-order valence-electron chi connectivity index (χ0n) is 11.3. The maximum Gasteiger partial charge on any atom is 0.335 e. The molecular formula is C15H22O3. The molecule has 0 aromatic rings. The van der Waals surface area contributed by atoms with E-state index in [4.69, 9.17) is 5.11 Å². The van der Waals surface area contributed by atoms with E-state index in [2.05, 4.69) is 13.8 Å². The molecule has 0 spiro atoms. The smallest absolute Gasteiger partial charge is 0.335 e. The minimum absolute atomic E-state index is 0.0433. The molecule has 0 amide bonds. The third-order valence-electron chi connectivity index (χ3n) is 4.57. The molecule has 3 heteroatoms. The first kappa shape index (κ1) is 13.3. The van der Waals surface area contributed by atoms with Crippen LogP contribution in [0.25, 0.3) is 0 Å². The van der Waals surface area contributed by atoms with Crippen molar-refractivity contribution in [2.45, 2.75) is 39.2 Å². The first-order valence-electron chi connectivity index (χ1n) is 6.68. The van der Waals surface area contributed by atoms with Crippen molar-refractivity contribution in [3.8, 4) is 0 Å². The number of allylic oxidation sites excluding steroid dienone is 1. The van der Waals surface area contributed by atoms with Crippen molar-refractivity contribution in [3.05, 3.63) is 23.8 Å². The van der Waals surface area contributed by atoms with Gasteiger partial charge >= 0.3 is 5.97 Å². The summed E-state index contributed by atoms with van der Waals surface area (Å²) in [4.78, 5) is 11.1. The highest BCUT2D eigenvalue weighted by atomic mass is 16.4. The Balaban J connectivity index is 2.35. The van der Waals surface area contributed by atoms with E-state index in [1.165, 1.54) is 0 Å². The largest absolute Gasteiger partial charge is 0.478 e. The van der Waals surface area contributed by atoms with Gasteiger partial charge in [0.1, 0.15) is 0 Å². The highest BCUT2D eigenvalue weighted by molar-refractivity contribution is 5.90. The number of hydrogen-bond acceptors (Lipinski definition) is 2. The SMILES string of the molecule is CC(C)C1CC[C@](C)(O)C2C=CC(C(=O)O)=CC12. The van der Waals surface area contributed by atoms with Gasteiger partial charge in [-0.3, -0.25) is 0 Å². The van der Waals surface area contributed by atoms with Gasteiger partial charge in [0, 0.05) is 5.92 Å². The third kappa shape index (κ3) is 2.24. The number of rotatable bonds is 2.